The van der Waals surface area contributed by atoms with Gasteiger partial charge in [-0.1, -0.05) is 0 Å². The van der Waals surface area contributed by atoms with E-state index in [4.69, 9.17) is 0 Å². The van der Waals surface area contributed by atoms with Gasteiger partial charge >= 0.3 is 64.4 Å². The van der Waals surface area contributed by atoms with Gasteiger partial charge in [0.2, 0.25) is 0 Å². The summed E-state index contributed by atoms with van der Waals surface area (Å²) in [7, 11) is -0.284. The Morgan fingerprint density at radius 1 is 1.30 bits per heavy atom. The predicted octanol–water partition coefficient (Wildman–Crippen LogP) is 4.17. The van der Waals surface area contributed by atoms with E-state index in [0.717, 1.165) is 0 Å². The minimum atomic E-state index is -2.73. The third-order valence-electron chi connectivity index (χ3n) is 2.18. The molecular weight excluding hydrogens is 191 g/mol. The predicted molar refractivity (Wildman–Crippen MR) is 52.8 cm³/mol. The van der Waals surface area contributed by atoms with E-state index in [1.807, 2.05) is 13.8 Å². The summed E-state index contributed by atoms with van der Waals surface area (Å²) in [4.78, 5) is 0. The molecule has 0 aromatic carbocycles. The van der Waals surface area contributed by atoms with Crippen LogP contribution in [0.15, 0.2) is 0 Å². The normalized spacial score (nSPS) is 16.9. The second-order valence-corrected chi connectivity index (χ2v) is 19.1. The van der Waals surface area contributed by atoms with Crippen LogP contribution in [0.2, 0.25) is 0 Å². The van der Waals surface area contributed by atoms with Crippen molar-refractivity contribution in [1.82, 2.24) is 0 Å². The van der Waals surface area contributed by atoms with Gasteiger partial charge in [-0.05, 0) is 0 Å². The van der Waals surface area contributed by atoms with E-state index in [1.165, 1.54) is 0 Å². The Bertz CT molecular complexity index is 116. The molecule has 0 amide bonds. The van der Waals surface area contributed by atoms with Crippen LogP contribution in [0.5, 0.6) is 0 Å². The quantitative estimate of drug-likeness (QED) is 0.608. The topological polar surface area (TPSA) is 0 Å². The summed E-state index contributed by atoms with van der Waals surface area (Å²) < 4.78 is 25.1. The zero-order valence-electron chi connectivity index (χ0n) is 6.64. The van der Waals surface area contributed by atoms with Gasteiger partial charge in [0.1, 0.15) is 0 Å². The molecule has 0 bridgehead atoms. The van der Waals surface area contributed by atoms with Crippen LogP contribution in [-0.2, 0) is 0 Å². The summed E-state index contributed by atoms with van der Waals surface area (Å²) in [6.07, 6.45) is 1.29. The van der Waals surface area contributed by atoms with E-state index < -0.39 is 14.2 Å². The molecule has 0 spiro atoms. The zero-order chi connectivity index (χ0) is 8.44. The molecule has 0 aromatic rings. The third-order valence-corrected chi connectivity index (χ3v) is 14.7. The molecule has 1 unspecified atom stereocenters. The number of hydrogen-bond donors (Lipinski definition) is 0. The Balaban J connectivity index is 4.51. The first kappa shape index (κ1) is 11.2. The molecule has 0 aliphatic heterocycles. The van der Waals surface area contributed by atoms with Gasteiger partial charge in [-0.15, -0.1) is 0 Å². The Morgan fingerprint density at radius 2 is 1.60 bits per heavy atom. The fraction of sp³-hybridized carbons (Fsp3) is 1.00. The van der Waals surface area contributed by atoms with Crippen LogP contribution in [0.3, 0.4) is 0 Å². The van der Waals surface area contributed by atoms with Crippen molar-refractivity contribution in [3.63, 3.8) is 0 Å². The van der Waals surface area contributed by atoms with E-state index in [9.17, 15) is 8.39 Å². The fourth-order valence-electron chi connectivity index (χ4n) is 0.437. The SMILES string of the molecule is CCP(C)(P)(CC)P(F)F. The first-order chi connectivity index (χ1) is 4.35. The summed E-state index contributed by atoms with van der Waals surface area (Å²) in [5, 5.41) is 0. The van der Waals surface area contributed by atoms with Crippen molar-refractivity contribution in [3.8, 4) is 0 Å². The Kier molecular flexibility index (Phi) is 3.63. The summed E-state index contributed by atoms with van der Waals surface area (Å²) in [6.45, 7) is 5.49. The monoisotopic (exact) mass is 206 g/mol. The number of hydrogen-bond acceptors (Lipinski definition) is 0. The van der Waals surface area contributed by atoms with Gasteiger partial charge in [-0.3, -0.25) is 0 Å². The van der Waals surface area contributed by atoms with Crippen LogP contribution in [-0.4, -0.2) is 19.0 Å². The third kappa shape index (κ3) is 2.07. The van der Waals surface area contributed by atoms with Crippen molar-refractivity contribution in [1.29, 1.82) is 0 Å². The van der Waals surface area contributed by atoms with Gasteiger partial charge in [-0.2, -0.15) is 0 Å². The van der Waals surface area contributed by atoms with Crippen molar-refractivity contribution in [3.05, 3.63) is 0 Å². The molecule has 0 heterocycles. The van der Waals surface area contributed by atoms with E-state index in [0.29, 0.717) is 12.3 Å². The number of halogens is 2. The molecule has 0 rings (SSSR count). The molecule has 0 aromatic heterocycles. The van der Waals surface area contributed by atoms with E-state index >= 15 is 0 Å². The summed E-state index contributed by atoms with van der Waals surface area (Å²) in [5.74, 6) is -2.59. The van der Waals surface area contributed by atoms with Crippen LogP contribution in [0, 0.1) is 0 Å². The Hall–Kier alpha value is 1.15. The standard InChI is InChI=1S/C5H15F2P3/c1-4-10(3,8,5-2)9(6)7/h4-5,8H2,1-3H3. The van der Waals surface area contributed by atoms with Crippen molar-refractivity contribution >= 4 is 23.1 Å². The van der Waals surface area contributed by atoms with Gasteiger partial charge in [-0.25, -0.2) is 0 Å². The van der Waals surface area contributed by atoms with Gasteiger partial charge in [0.25, 0.3) is 0 Å². The van der Waals surface area contributed by atoms with Gasteiger partial charge in [0, 0.05) is 0 Å². The minimum absolute atomic E-state index is 0.644. The second kappa shape index (κ2) is 3.26. The summed E-state index contributed by atoms with van der Waals surface area (Å²) in [6, 6.07) is 0. The molecule has 0 N–H and O–H groups in total. The van der Waals surface area contributed by atoms with E-state index in [1.54, 1.807) is 6.66 Å². The first-order valence-corrected chi connectivity index (χ1v) is 9.79. The molecule has 0 saturated carbocycles. The fourth-order valence-corrected chi connectivity index (χ4v) is 2.60. The van der Waals surface area contributed by atoms with E-state index in [2.05, 4.69) is 8.93 Å². The molecule has 64 valence electrons. The van der Waals surface area contributed by atoms with Crippen LogP contribution < -0.4 is 0 Å². The van der Waals surface area contributed by atoms with Crippen LogP contribution in [0.1, 0.15) is 13.8 Å². The van der Waals surface area contributed by atoms with Crippen LogP contribution in [0.25, 0.3) is 0 Å². The van der Waals surface area contributed by atoms with Crippen molar-refractivity contribution in [2.24, 2.45) is 0 Å². The summed E-state index contributed by atoms with van der Waals surface area (Å²) >= 11 is 0. The molecule has 5 heteroatoms. The van der Waals surface area contributed by atoms with Crippen molar-refractivity contribution < 1.29 is 8.39 Å². The van der Waals surface area contributed by atoms with Gasteiger partial charge in [0.05, 0.1) is 0 Å². The maximum absolute atomic E-state index is 12.6. The zero-order valence-corrected chi connectivity index (χ0v) is 9.59. The average Bonchev–Trinajstić information content (AvgIpc) is 1.89. The molecule has 10 heavy (non-hydrogen) atoms. The Morgan fingerprint density at radius 3 is 1.60 bits per heavy atom. The molecule has 0 saturated heterocycles. The summed E-state index contributed by atoms with van der Waals surface area (Å²) in [5.41, 5.74) is 0. The van der Waals surface area contributed by atoms with Crippen LogP contribution >= 0.6 is 23.1 Å². The van der Waals surface area contributed by atoms with Crippen LogP contribution in [0.4, 0.5) is 8.39 Å². The molecule has 0 nitrogen and oxygen atoms in total. The maximum atomic E-state index is 12.6. The molecular formula is C5H15F2P3. The van der Waals surface area contributed by atoms with Crippen molar-refractivity contribution in [2.75, 3.05) is 19.0 Å². The molecule has 0 radical (unpaired) electrons. The molecule has 0 aliphatic carbocycles. The second-order valence-electron chi connectivity index (χ2n) is 2.93. The molecule has 0 aliphatic rings. The van der Waals surface area contributed by atoms with Gasteiger partial charge in [0.15, 0.2) is 0 Å². The van der Waals surface area contributed by atoms with Gasteiger partial charge < -0.3 is 0 Å². The molecule has 0 fully saturated rings. The average molecular weight is 206 g/mol. The molecule has 1 atom stereocenters. The first-order valence-electron chi connectivity index (χ1n) is 3.29. The van der Waals surface area contributed by atoms with E-state index in [-0.39, 0.29) is 0 Å². The Labute approximate surface area is 65.1 Å². The van der Waals surface area contributed by atoms with Crippen molar-refractivity contribution in [2.45, 2.75) is 13.8 Å². The number of rotatable bonds is 3.